The van der Waals surface area contributed by atoms with Crippen molar-refractivity contribution in [2.45, 2.75) is 267 Å². The molecule has 7 aliphatic rings. The van der Waals surface area contributed by atoms with Crippen LogP contribution in [0.2, 0.25) is 0 Å². The molecule has 24 nitrogen and oxygen atoms in total. The second-order valence-corrected chi connectivity index (χ2v) is 31.3. The van der Waals surface area contributed by atoms with Crippen molar-refractivity contribution in [1.82, 2.24) is 60.5 Å². The fourth-order valence-electron chi connectivity index (χ4n) is 16.6. The third-order valence-electron chi connectivity index (χ3n) is 23.1. The van der Waals surface area contributed by atoms with E-state index in [0.717, 1.165) is 67.6 Å². The van der Waals surface area contributed by atoms with Crippen LogP contribution in [0.5, 0.6) is 0 Å². The number of amides is 12. The predicted molar refractivity (Wildman–Crippen MR) is 370 cm³/mol. The summed E-state index contributed by atoms with van der Waals surface area (Å²) in [5.41, 5.74) is -1.55. The zero-order chi connectivity index (χ0) is 73.5. The molecular weight excluding hydrogens is 1320 g/mol. The van der Waals surface area contributed by atoms with E-state index in [4.69, 9.17) is 11.6 Å². The number of alkyl halides is 4. The number of nitrogens with one attached hydrogen (secondary N) is 4. The lowest BCUT2D eigenvalue weighted by atomic mass is 9.78. The molecule has 0 radical (unpaired) electrons. The third kappa shape index (κ3) is 20.8. The van der Waals surface area contributed by atoms with Gasteiger partial charge in [-0.2, -0.15) is 13.2 Å². The molecule has 28 heteroatoms. The van der Waals surface area contributed by atoms with E-state index < -0.39 is 174 Å². The average Bonchev–Trinajstić information content (AvgIpc) is 1.36. The van der Waals surface area contributed by atoms with Crippen LogP contribution in [0.25, 0.3) is 0 Å². The first-order valence-electron chi connectivity index (χ1n) is 37.3. The molecule has 4 aliphatic carbocycles. The summed E-state index contributed by atoms with van der Waals surface area (Å²) >= 11 is 6.41. The van der Waals surface area contributed by atoms with Crippen molar-refractivity contribution in [1.29, 1.82) is 0 Å². The largest absolute Gasteiger partial charge is 0.393 e. The molecule has 11 atom stereocenters. The fraction of sp³-hybridized carbons (Fsp3) is 0.833. The van der Waals surface area contributed by atoms with Gasteiger partial charge in [0.05, 0.1) is 32.0 Å². The molecule has 3 aliphatic heterocycles. The second-order valence-electron chi connectivity index (χ2n) is 30.8. The van der Waals surface area contributed by atoms with Crippen molar-refractivity contribution in [3.8, 4) is 0 Å². The third-order valence-corrected chi connectivity index (χ3v) is 23.6. The maximum absolute atomic E-state index is 15.8. The van der Waals surface area contributed by atoms with Crippen molar-refractivity contribution < 1.29 is 70.7 Å². The minimum absolute atomic E-state index is 0.00296. The quantitative estimate of drug-likeness (QED) is 0.170. The topological polar surface area (TPSA) is 279 Å². The van der Waals surface area contributed by atoms with Gasteiger partial charge in [-0.3, -0.25) is 57.5 Å². The molecule has 0 bridgehead atoms. The molecule has 0 aromatic rings. The summed E-state index contributed by atoms with van der Waals surface area (Å²) in [5.74, 6) is -10.6. The molecule has 1 spiro atoms. The zero-order valence-electron chi connectivity index (χ0n) is 61.1. The molecule has 4 N–H and O–H groups in total. The maximum atomic E-state index is 15.8. The smallest absolute Gasteiger partial charge is 0.345 e. The number of halogens is 4. The lowest BCUT2D eigenvalue weighted by Gasteiger charge is -2.43. The highest BCUT2D eigenvalue weighted by molar-refractivity contribution is 6.21. The van der Waals surface area contributed by atoms with Gasteiger partial charge in [0, 0.05) is 67.3 Å². The number of hydrogen-bond acceptors (Lipinski definition) is 12. The number of piperidine rings is 1. The van der Waals surface area contributed by atoms with Crippen molar-refractivity contribution >= 4 is 82.5 Å². The van der Waals surface area contributed by atoms with Crippen LogP contribution < -0.4 is 21.3 Å². The first-order valence-corrected chi connectivity index (χ1v) is 37.8. The Balaban J connectivity index is 1.27. The number of carbonyl (C=O) groups excluding carboxylic acids is 12. The maximum Gasteiger partial charge on any atom is 0.393 e. The molecule has 3 saturated heterocycles. The highest BCUT2D eigenvalue weighted by Crippen LogP contribution is 2.44. The number of likely N-dealkylation sites (N-methyl/N-ethyl adjacent to an activating group) is 6. The standard InChI is InChI=1S/C72H116ClF3N12O12/c1-11-46(4)61-65(95)77-42-59(91)81(5)44-60(92)84(8)55(40-47-24-15-12-16-25-47)67(97)82(6)43-57(89)78-52(32-30-48-29-31-50(51(73)39-48)72(74,75)76)66(96)88-37-23-28-53(88)64(94)80-71(33-19-20-34-71)70(100)86(10)62(49-26-17-13-18-27-49)69(99)85(9)56(68(98)87-35-21-14-22-36-87)41-58(90)83(7)54(38-45(2)3)63(93)79-61/h45-56,61-62H,11-44H2,1-10H3,(H,77,95)(H,78,89)(H,79,93)(H,80,94)/t46-,48?,50?,51?,52-,53-,54-,55-,56-,61-,62-/m0/s1. The Kier molecular flexibility index (Phi) is 29.8. The van der Waals surface area contributed by atoms with E-state index in [1.807, 2.05) is 20.8 Å². The van der Waals surface area contributed by atoms with Gasteiger partial charge >= 0.3 is 6.18 Å². The van der Waals surface area contributed by atoms with Gasteiger partial charge in [-0.05, 0) is 132 Å². The Morgan fingerprint density at radius 1 is 0.600 bits per heavy atom. The van der Waals surface area contributed by atoms with Crippen LogP contribution in [-0.4, -0.2) is 251 Å². The average molecular weight is 1430 g/mol. The molecule has 12 amide bonds. The highest BCUT2D eigenvalue weighted by Gasteiger charge is 2.52. The second kappa shape index (κ2) is 36.7. The van der Waals surface area contributed by atoms with Crippen LogP contribution in [0, 0.1) is 35.5 Å². The minimum Gasteiger partial charge on any atom is -0.345 e. The van der Waals surface area contributed by atoms with Crippen molar-refractivity contribution in [3.05, 3.63) is 0 Å². The van der Waals surface area contributed by atoms with Crippen molar-refractivity contribution in [3.63, 3.8) is 0 Å². The van der Waals surface area contributed by atoms with Gasteiger partial charge in [0.15, 0.2) is 0 Å². The Morgan fingerprint density at radius 3 is 1.83 bits per heavy atom. The molecule has 0 aromatic carbocycles. The van der Waals surface area contributed by atoms with E-state index in [1.165, 1.54) is 66.8 Å². The number of nitrogens with zero attached hydrogens (tertiary/aromatic N) is 8. The summed E-state index contributed by atoms with van der Waals surface area (Å²) in [6, 6.07) is -8.52. The van der Waals surface area contributed by atoms with Gasteiger partial charge in [0.2, 0.25) is 70.9 Å². The first-order chi connectivity index (χ1) is 47.3. The van der Waals surface area contributed by atoms with E-state index >= 15 is 28.8 Å². The fourth-order valence-corrected chi connectivity index (χ4v) is 17.1. The lowest BCUT2D eigenvalue weighted by Crippen LogP contribution is -2.65. The van der Waals surface area contributed by atoms with Gasteiger partial charge in [0.25, 0.3) is 0 Å². The number of rotatable bonds is 11. The van der Waals surface area contributed by atoms with E-state index in [9.17, 15) is 41.9 Å². The van der Waals surface area contributed by atoms with Crippen molar-refractivity contribution in [2.75, 3.05) is 81.6 Å². The predicted octanol–water partition coefficient (Wildman–Crippen LogP) is 6.14. The summed E-state index contributed by atoms with van der Waals surface area (Å²) in [6.45, 7) is 6.47. The molecule has 564 valence electrons. The Morgan fingerprint density at radius 2 is 1.22 bits per heavy atom. The number of carbonyl (C=O) groups is 12. The Bertz CT molecular complexity index is 2880. The number of hydrogen-bond donors (Lipinski definition) is 4. The Hall–Kier alpha value is -6.28. The van der Waals surface area contributed by atoms with E-state index in [1.54, 1.807) is 11.8 Å². The summed E-state index contributed by atoms with van der Waals surface area (Å²) < 4.78 is 42.0. The van der Waals surface area contributed by atoms with Crippen LogP contribution >= 0.6 is 11.6 Å². The van der Waals surface area contributed by atoms with Gasteiger partial charge < -0.3 is 60.5 Å². The lowest BCUT2D eigenvalue weighted by molar-refractivity contribution is -0.182. The van der Waals surface area contributed by atoms with E-state index in [0.29, 0.717) is 64.5 Å². The van der Waals surface area contributed by atoms with Crippen LogP contribution in [-0.2, 0) is 57.5 Å². The van der Waals surface area contributed by atoms with Crippen LogP contribution in [0.3, 0.4) is 0 Å². The molecule has 3 heterocycles. The van der Waals surface area contributed by atoms with Crippen molar-refractivity contribution in [2.24, 2.45) is 35.5 Å². The number of likely N-dealkylation sites (tertiary alicyclic amines) is 1. The minimum atomic E-state index is -4.51. The number of fused-ring (bicyclic) bond motifs is 1. The highest BCUT2D eigenvalue weighted by atomic mass is 35.5. The summed E-state index contributed by atoms with van der Waals surface area (Å²) in [5, 5.41) is 10.2. The molecular formula is C72H116ClF3N12O12. The zero-order valence-corrected chi connectivity index (χ0v) is 61.9. The molecule has 7 fully saturated rings. The van der Waals surface area contributed by atoms with Gasteiger partial charge in [-0.1, -0.05) is 98.3 Å². The SMILES string of the molecule is CC[C@H](C)[C@@H]1NC(=O)[C@H](CC(C)C)N(C)C(=O)C[C@@H](C(=O)N2CCCCC2)N(C)C(=O)[C@H](C2CCCCC2)N(C)C(=O)C2(CCCC2)NC(=O)[C@@H]2CCCN2C(=O)[C@H](CCC2CCC(C(F)(F)F)C(Cl)C2)NC(=O)CN(C)C(=O)[C@H](CC2CCCCC2)N(C)C(=O)CN(C)C(=O)CNC1=O. The van der Waals surface area contributed by atoms with Crippen LogP contribution in [0.15, 0.2) is 0 Å². The summed E-state index contributed by atoms with van der Waals surface area (Å²) in [6.07, 6.45) is 7.97. The molecule has 0 aromatic heterocycles. The molecule has 100 heavy (non-hydrogen) atoms. The molecule has 3 unspecified atom stereocenters. The van der Waals surface area contributed by atoms with Gasteiger partial charge in [0.1, 0.15) is 47.8 Å². The first kappa shape index (κ1) is 81.0. The normalized spacial score (nSPS) is 30.0. The summed E-state index contributed by atoms with van der Waals surface area (Å²) in [4.78, 5) is 189. The van der Waals surface area contributed by atoms with Crippen LogP contribution in [0.4, 0.5) is 13.2 Å². The summed E-state index contributed by atoms with van der Waals surface area (Å²) in [7, 11) is 8.66. The molecule has 4 saturated carbocycles. The monoisotopic (exact) mass is 1430 g/mol. The van der Waals surface area contributed by atoms with Gasteiger partial charge in [-0.25, -0.2) is 0 Å². The van der Waals surface area contributed by atoms with E-state index in [2.05, 4.69) is 21.3 Å². The van der Waals surface area contributed by atoms with E-state index in [-0.39, 0.29) is 88.5 Å². The van der Waals surface area contributed by atoms with Gasteiger partial charge in [-0.15, -0.1) is 11.6 Å². The van der Waals surface area contributed by atoms with Crippen LogP contribution in [0.1, 0.15) is 207 Å². The Labute approximate surface area is 595 Å². The molecule has 7 rings (SSSR count).